The third-order valence-electron chi connectivity index (χ3n) is 2.03. The van der Waals surface area contributed by atoms with Gasteiger partial charge in [0, 0.05) is 20.3 Å². The number of para-hydroxylation sites is 2. The van der Waals surface area contributed by atoms with Gasteiger partial charge >= 0.3 is 0 Å². The van der Waals surface area contributed by atoms with Crippen LogP contribution in [-0.2, 0) is 4.74 Å². The van der Waals surface area contributed by atoms with Crippen LogP contribution in [0.15, 0.2) is 24.3 Å². The maximum atomic E-state index is 5.50. The van der Waals surface area contributed by atoms with E-state index in [0.29, 0.717) is 6.61 Å². The van der Waals surface area contributed by atoms with E-state index in [1.54, 1.807) is 7.11 Å². The van der Waals surface area contributed by atoms with Crippen molar-refractivity contribution in [2.24, 2.45) is 0 Å². The first-order valence-corrected chi connectivity index (χ1v) is 5.33. The highest BCUT2D eigenvalue weighted by Crippen LogP contribution is 2.23. The first-order valence-electron chi connectivity index (χ1n) is 5.33. The highest BCUT2D eigenvalue weighted by molar-refractivity contribution is 5.56. The van der Waals surface area contributed by atoms with Crippen molar-refractivity contribution in [1.29, 1.82) is 0 Å². The Balaban J connectivity index is 2.44. The number of rotatable bonds is 7. The van der Waals surface area contributed by atoms with E-state index in [2.05, 4.69) is 5.32 Å². The molecule has 0 amide bonds. The number of hydrogen-bond donors (Lipinski definition) is 1. The van der Waals surface area contributed by atoms with Crippen LogP contribution >= 0.6 is 0 Å². The van der Waals surface area contributed by atoms with Crippen LogP contribution in [0.5, 0.6) is 5.75 Å². The van der Waals surface area contributed by atoms with Crippen molar-refractivity contribution in [3.05, 3.63) is 24.3 Å². The topological polar surface area (TPSA) is 30.5 Å². The van der Waals surface area contributed by atoms with Gasteiger partial charge in [0.1, 0.15) is 5.75 Å². The van der Waals surface area contributed by atoms with Gasteiger partial charge in [-0.1, -0.05) is 12.1 Å². The number of benzene rings is 1. The lowest BCUT2D eigenvalue weighted by atomic mass is 10.3. The Bertz CT molecular complexity index is 276. The van der Waals surface area contributed by atoms with Crippen LogP contribution in [0.25, 0.3) is 0 Å². The highest BCUT2D eigenvalue weighted by Gasteiger charge is 2.00. The Hall–Kier alpha value is -1.22. The summed E-state index contributed by atoms with van der Waals surface area (Å²) in [5.41, 5.74) is 1.05. The Morgan fingerprint density at radius 1 is 1.27 bits per heavy atom. The molecule has 0 atom stereocenters. The zero-order valence-electron chi connectivity index (χ0n) is 9.45. The quantitative estimate of drug-likeness (QED) is 0.700. The Kier molecular flexibility index (Phi) is 5.63. The summed E-state index contributed by atoms with van der Waals surface area (Å²) in [6.07, 6.45) is 0.997. The van der Waals surface area contributed by atoms with Gasteiger partial charge in [-0.05, 0) is 25.5 Å². The standard InChI is InChI=1S/C12H19NO2/c1-3-15-12-8-5-4-7-11(12)13-9-6-10-14-2/h4-5,7-8,13H,3,6,9-10H2,1-2H3. The van der Waals surface area contributed by atoms with Gasteiger partial charge in [-0.15, -0.1) is 0 Å². The Labute approximate surface area is 91.4 Å². The summed E-state index contributed by atoms with van der Waals surface area (Å²) in [6.45, 7) is 4.36. The molecule has 0 aliphatic heterocycles. The van der Waals surface area contributed by atoms with Crippen molar-refractivity contribution in [3.8, 4) is 5.75 Å². The Morgan fingerprint density at radius 3 is 2.80 bits per heavy atom. The second kappa shape index (κ2) is 7.12. The van der Waals surface area contributed by atoms with E-state index in [0.717, 1.165) is 31.0 Å². The maximum absolute atomic E-state index is 5.50. The van der Waals surface area contributed by atoms with Crippen molar-refractivity contribution in [2.45, 2.75) is 13.3 Å². The molecule has 1 aromatic carbocycles. The van der Waals surface area contributed by atoms with E-state index in [1.165, 1.54) is 0 Å². The average molecular weight is 209 g/mol. The molecule has 84 valence electrons. The van der Waals surface area contributed by atoms with E-state index in [4.69, 9.17) is 9.47 Å². The third-order valence-corrected chi connectivity index (χ3v) is 2.03. The summed E-state index contributed by atoms with van der Waals surface area (Å²) in [5, 5.41) is 3.33. The lowest BCUT2D eigenvalue weighted by molar-refractivity contribution is 0.197. The van der Waals surface area contributed by atoms with Gasteiger partial charge in [0.25, 0.3) is 0 Å². The molecule has 15 heavy (non-hydrogen) atoms. The van der Waals surface area contributed by atoms with Crippen LogP contribution < -0.4 is 10.1 Å². The molecule has 0 heterocycles. The average Bonchev–Trinajstić information content (AvgIpc) is 2.27. The molecule has 0 saturated heterocycles. The summed E-state index contributed by atoms with van der Waals surface area (Å²) < 4.78 is 10.5. The highest BCUT2D eigenvalue weighted by atomic mass is 16.5. The lowest BCUT2D eigenvalue weighted by Gasteiger charge is -2.11. The zero-order valence-corrected chi connectivity index (χ0v) is 9.45. The molecule has 0 bridgehead atoms. The lowest BCUT2D eigenvalue weighted by Crippen LogP contribution is -2.06. The summed E-state index contributed by atoms with van der Waals surface area (Å²) in [6, 6.07) is 7.98. The monoisotopic (exact) mass is 209 g/mol. The van der Waals surface area contributed by atoms with E-state index in [1.807, 2.05) is 31.2 Å². The molecular weight excluding hydrogens is 190 g/mol. The third kappa shape index (κ3) is 4.21. The van der Waals surface area contributed by atoms with Gasteiger partial charge in [-0.3, -0.25) is 0 Å². The first kappa shape index (κ1) is 11.9. The smallest absolute Gasteiger partial charge is 0.142 e. The second-order valence-corrected chi connectivity index (χ2v) is 3.20. The Morgan fingerprint density at radius 2 is 2.07 bits per heavy atom. The molecule has 0 spiro atoms. The largest absolute Gasteiger partial charge is 0.492 e. The van der Waals surface area contributed by atoms with Crippen LogP contribution in [0, 0.1) is 0 Å². The molecule has 0 aromatic heterocycles. The van der Waals surface area contributed by atoms with Crippen LogP contribution in [0.2, 0.25) is 0 Å². The van der Waals surface area contributed by atoms with E-state index in [9.17, 15) is 0 Å². The maximum Gasteiger partial charge on any atom is 0.142 e. The van der Waals surface area contributed by atoms with Crippen molar-refractivity contribution >= 4 is 5.69 Å². The van der Waals surface area contributed by atoms with Gasteiger partial charge < -0.3 is 14.8 Å². The van der Waals surface area contributed by atoms with Crippen LogP contribution in [0.1, 0.15) is 13.3 Å². The second-order valence-electron chi connectivity index (χ2n) is 3.20. The molecule has 1 rings (SSSR count). The number of anilines is 1. The van der Waals surface area contributed by atoms with Crippen LogP contribution in [0.4, 0.5) is 5.69 Å². The van der Waals surface area contributed by atoms with Gasteiger partial charge in [0.15, 0.2) is 0 Å². The van der Waals surface area contributed by atoms with Gasteiger partial charge in [0.05, 0.1) is 12.3 Å². The molecule has 0 fully saturated rings. The van der Waals surface area contributed by atoms with E-state index < -0.39 is 0 Å². The van der Waals surface area contributed by atoms with Crippen molar-refractivity contribution in [1.82, 2.24) is 0 Å². The molecule has 0 saturated carbocycles. The molecule has 0 radical (unpaired) electrons. The summed E-state index contributed by atoms with van der Waals surface area (Å²) >= 11 is 0. The summed E-state index contributed by atoms with van der Waals surface area (Å²) in [7, 11) is 1.72. The fourth-order valence-electron chi connectivity index (χ4n) is 1.33. The molecule has 0 aliphatic rings. The van der Waals surface area contributed by atoms with E-state index >= 15 is 0 Å². The number of ether oxygens (including phenoxy) is 2. The van der Waals surface area contributed by atoms with Crippen LogP contribution in [-0.4, -0.2) is 26.9 Å². The molecule has 0 unspecified atom stereocenters. The number of methoxy groups -OCH3 is 1. The minimum atomic E-state index is 0.691. The molecule has 0 aliphatic carbocycles. The van der Waals surface area contributed by atoms with Crippen molar-refractivity contribution in [2.75, 3.05) is 32.2 Å². The summed E-state index contributed by atoms with van der Waals surface area (Å²) in [5.74, 6) is 0.914. The molecule has 3 nitrogen and oxygen atoms in total. The minimum absolute atomic E-state index is 0.691. The molecule has 1 N–H and O–H groups in total. The van der Waals surface area contributed by atoms with Gasteiger partial charge in [-0.25, -0.2) is 0 Å². The van der Waals surface area contributed by atoms with Gasteiger partial charge in [-0.2, -0.15) is 0 Å². The number of hydrogen-bond acceptors (Lipinski definition) is 3. The molecule has 3 heteroatoms. The molecule has 1 aromatic rings. The predicted molar refractivity (Wildman–Crippen MR) is 62.6 cm³/mol. The first-order chi connectivity index (χ1) is 7.38. The predicted octanol–water partition coefficient (Wildman–Crippen LogP) is 2.53. The summed E-state index contributed by atoms with van der Waals surface area (Å²) in [4.78, 5) is 0. The van der Waals surface area contributed by atoms with E-state index in [-0.39, 0.29) is 0 Å². The minimum Gasteiger partial charge on any atom is -0.492 e. The SMILES string of the molecule is CCOc1ccccc1NCCCOC. The number of nitrogens with one attached hydrogen (secondary N) is 1. The fraction of sp³-hybridized carbons (Fsp3) is 0.500. The van der Waals surface area contributed by atoms with Crippen molar-refractivity contribution < 1.29 is 9.47 Å². The van der Waals surface area contributed by atoms with Crippen LogP contribution in [0.3, 0.4) is 0 Å². The van der Waals surface area contributed by atoms with Gasteiger partial charge in [0.2, 0.25) is 0 Å². The fourth-order valence-corrected chi connectivity index (χ4v) is 1.33. The van der Waals surface area contributed by atoms with Crippen molar-refractivity contribution in [3.63, 3.8) is 0 Å². The molecular formula is C12H19NO2. The zero-order chi connectivity index (χ0) is 10.9. The normalized spacial score (nSPS) is 10.0.